The van der Waals surface area contributed by atoms with E-state index in [1.54, 1.807) is 31.2 Å². The molecule has 10 heteroatoms. The van der Waals surface area contributed by atoms with E-state index in [2.05, 4.69) is 10.9 Å². The lowest BCUT2D eigenvalue weighted by Crippen LogP contribution is -2.50. The number of hydrazine groups is 1. The molecule has 1 aromatic rings. The summed E-state index contributed by atoms with van der Waals surface area (Å²) in [6.07, 6.45) is 0.865. The summed E-state index contributed by atoms with van der Waals surface area (Å²) in [5.74, 6) is -2.04. The van der Waals surface area contributed by atoms with Crippen LogP contribution in [-0.4, -0.2) is 50.2 Å². The van der Waals surface area contributed by atoms with Crippen LogP contribution in [0, 0.1) is 12.8 Å². The van der Waals surface area contributed by atoms with Crippen molar-refractivity contribution in [2.75, 3.05) is 19.7 Å². The molecule has 1 atom stereocenters. The molecule has 1 heterocycles. The molecule has 0 unspecified atom stereocenters. The summed E-state index contributed by atoms with van der Waals surface area (Å²) in [4.78, 5) is 35.5. The van der Waals surface area contributed by atoms with Gasteiger partial charge in [0.05, 0.1) is 23.8 Å². The molecule has 0 aromatic heterocycles. The fourth-order valence-corrected chi connectivity index (χ4v) is 4.50. The van der Waals surface area contributed by atoms with Crippen LogP contribution in [0.3, 0.4) is 0 Å². The van der Waals surface area contributed by atoms with Crippen LogP contribution in [0.15, 0.2) is 29.2 Å². The second kappa shape index (κ2) is 10.4. The number of rotatable bonds is 7. The lowest BCUT2D eigenvalue weighted by molar-refractivity contribution is -0.144. The number of benzene rings is 1. The van der Waals surface area contributed by atoms with Crippen LogP contribution in [0.2, 0.25) is 0 Å². The molecule has 1 aromatic carbocycles. The second-order valence-corrected chi connectivity index (χ2v) is 8.80. The highest BCUT2D eigenvalue weighted by molar-refractivity contribution is 7.89. The van der Waals surface area contributed by atoms with Crippen LogP contribution in [0.5, 0.6) is 0 Å². The van der Waals surface area contributed by atoms with Gasteiger partial charge in [0, 0.05) is 19.5 Å². The van der Waals surface area contributed by atoms with Gasteiger partial charge >= 0.3 is 5.97 Å². The smallest absolute Gasteiger partial charge is 0.306 e. The number of sulfonamides is 1. The lowest BCUT2D eigenvalue weighted by atomic mass is 9.99. The molecule has 2 amide bonds. The Bertz CT molecular complexity index is 838. The van der Waals surface area contributed by atoms with Crippen molar-refractivity contribution in [2.45, 2.75) is 44.4 Å². The normalized spacial score (nSPS) is 17.4. The van der Waals surface area contributed by atoms with Crippen molar-refractivity contribution in [1.29, 1.82) is 0 Å². The molecular formula is C19H27N3O6S. The number of amides is 2. The van der Waals surface area contributed by atoms with Crippen LogP contribution < -0.4 is 10.9 Å². The standard InChI is InChI=1S/C19H27N3O6S/c1-3-28-18(24)11-10-17(23)20-21-19(25)15-5-4-12-22(13-15)29(26,27)16-8-6-14(2)7-9-16/h6-9,15H,3-5,10-13H2,1-2H3,(H,20,23)(H,21,25)/t15-/m1/s1. The minimum Gasteiger partial charge on any atom is -0.466 e. The average molecular weight is 426 g/mol. The zero-order valence-electron chi connectivity index (χ0n) is 16.6. The van der Waals surface area contributed by atoms with Crippen LogP contribution in [0.25, 0.3) is 0 Å². The average Bonchev–Trinajstić information content (AvgIpc) is 2.71. The third kappa shape index (κ3) is 6.53. The number of hydrogen-bond donors (Lipinski definition) is 2. The molecule has 1 saturated heterocycles. The minimum atomic E-state index is -3.69. The number of carbonyl (C=O) groups is 3. The molecule has 1 aliphatic heterocycles. The van der Waals surface area contributed by atoms with E-state index in [-0.39, 0.29) is 30.9 Å². The summed E-state index contributed by atoms with van der Waals surface area (Å²) < 4.78 is 31.7. The van der Waals surface area contributed by atoms with Crippen molar-refractivity contribution < 1.29 is 27.5 Å². The number of ether oxygens (including phenoxy) is 1. The Labute approximate surface area is 170 Å². The molecule has 160 valence electrons. The molecule has 29 heavy (non-hydrogen) atoms. The number of hydrogen-bond acceptors (Lipinski definition) is 6. The molecule has 9 nitrogen and oxygen atoms in total. The first-order valence-electron chi connectivity index (χ1n) is 9.55. The van der Waals surface area contributed by atoms with Crippen molar-refractivity contribution in [3.63, 3.8) is 0 Å². The van der Waals surface area contributed by atoms with Crippen molar-refractivity contribution in [3.8, 4) is 0 Å². The van der Waals surface area contributed by atoms with E-state index in [9.17, 15) is 22.8 Å². The van der Waals surface area contributed by atoms with Crippen molar-refractivity contribution in [3.05, 3.63) is 29.8 Å². The van der Waals surface area contributed by atoms with E-state index in [1.165, 1.54) is 4.31 Å². The molecule has 0 saturated carbocycles. The maximum absolute atomic E-state index is 12.8. The topological polar surface area (TPSA) is 122 Å². The summed E-state index contributed by atoms with van der Waals surface area (Å²) in [7, 11) is -3.69. The zero-order valence-corrected chi connectivity index (χ0v) is 17.5. The molecular weight excluding hydrogens is 398 g/mol. The van der Waals surface area contributed by atoms with E-state index in [1.807, 2.05) is 6.92 Å². The summed E-state index contributed by atoms with van der Waals surface area (Å²) >= 11 is 0. The molecule has 0 spiro atoms. The third-order valence-corrected chi connectivity index (χ3v) is 6.48. The number of nitrogens with zero attached hydrogens (tertiary/aromatic N) is 1. The van der Waals surface area contributed by atoms with Crippen LogP contribution in [0.1, 0.15) is 38.2 Å². The predicted molar refractivity (Wildman–Crippen MR) is 105 cm³/mol. The van der Waals surface area contributed by atoms with Crippen LogP contribution >= 0.6 is 0 Å². The van der Waals surface area contributed by atoms with Gasteiger partial charge in [-0.3, -0.25) is 25.2 Å². The Morgan fingerprint density at radius 3 is 2.48 bits per heavy atom. The van der Waals surface area contributed by atoms with Gasteiger partial charge < -0.3 is 4.74 Å². The summed E-state index contributed by atoms with van der Waals surface area (Å²) in [6.45, 7) is 4.16. The number of carbonyl (C=O) groups excluding carboxylic acids is 3. The Morgan fingerprint density at radius 2 is 1.83 bits per heavy atom. The van der Waals surface area contributed by atoms with Gasteiger partial charge in [-0.15, -0.1) is 0 Å². The van der Waals surface area contributed by atoms with Crippen molar-refractivity contribution in [2.24, 2.45) is 5.92 Å². The quantitative estimate of drug-likeness (QED) is 0.494. The van der Waals surface area contributed by atoms with E-state index in [0.29, 0.717) is 19.4 Å². The maximum Gasteiger partial charge on any atom is 0.306 e. The fourth-order valence-electron chi connectivity index (χ4n) is 2.98. The van der Waals surface area contributed by atoms with Gasteiger partial charge in [0.25, 0.3) is 0 Å². The highest BCUT2D eigenvalue weighted by atomic mass is 32.2. The van der Waals surface area contributed by atoms with Gasteiger partial charge in [0.1, 0.15) is 0 Å². The Balaban J connectivity index is 1.88. The molecule has 2 N–H and O–H groups in total. The third-order valence-electron chi connectivity index (χ3n) is 4.60. The summed E-state index contributed by atoms with van der Waals surface area (Å²) in [5, 5.41) is 0. The largest absolute Gasteiger partial charge is 0.466 e. The van der Waals surface area contributed by atoms with Gasteiger partial charge in [-0.1, -0.05) is 17.7 Å². The maximum atomic E-state index is 12.8. The van der Waals surface area contributed by atoms with E-state index in [4.69, 9.17) is 4.74 Å². The van der Waals surface area contributed by atoms with Crippen LogP contribution in [-0.2, 0) is 29.1 Å². The Morgan fingerprint density at radius 1 is 1.14 bits per heavy atom. The monoisotopic (exact) mass is 425 g/mol. The zero-order chi connectivity index (χ0) is 21.4. The lowest BCUT2D eigenvalue weighted by Gasteiger charge is -2.31. The molecule has 0 radical (unpaired) electrons. The molecule has 0 bridgehead atoms. The van der Waals surface area contributed by atoms with Gasteiger partial charge in [0.2, 0.25) is 21.8 Å². The molecule has 1 fully saturated rings. The second-order valence-electron chi connectivity index (χ2n) is 6.86. The highest BCUT2D eigenvalue weighted by Crippen LogP contribution is 2.24. The van der Waals surface area contributed by atoms with E-state index >= 15 is 0 Å². The van der Waals surface area contributed by atoms with Gasteiger partial charge in [-0.25, -0.2) is 8.42 Å². The predicted octanol–water partition coefficient (Wildman–Crippen LogP) is 0.886. The first-order valence-corrected chi connectivity index (χ1v) is 11.0. The first-order chi connectivity index (χ1) is 13.7. The number of nitrogens with one attached hydrogen (secondary N) is 2. The molecule has 0 aliphatic carbocycles. The number of piperidine rings is 1. The number of esters is 1. The fraction of sp³-hybridized carbons (Fsp3) is 0.526. The first kappa shape index (κ1) is 22.8. The van der Waals surface area contributed by atoms with E-state index < -0.39 is 33.7 Å². The Hall–Kier alpha value is -2.46. The minimum absolute atomic E-state index is 0.0424. The van der Waals surface area contributed by atoms with Gasteiger partial charge in [-0.05, 0) is 38.8 Å². The van der Waals surface area contributed by atoms with Crippen molar-refractivity contribution >= 4 is 27.8 Å². The Kier molecular flexibility index (Phi) is 8.15. The van der Waals surface area contributed by atoms with Crippen LogP contribution in [0.4, 0.5) is 0 Å². The van der Waals surface area contributed by atoms with Gasteiger partial charge in [0.15, 0.2) is 0 Å². The SMILES string of the molecule is CCOC(=O)CCC(=O)NNC(=O)[C@@H]1CCCN(S(=O)(=O)c2ccc(C)cc2)C1. The summed E-state index contributed by atoms with van der Waals surface area (Å²) in [6, 6.07) is 6.57. The highest BCUT2D eigenvalue weighted by Gasteiger charge is 2.33. The van der Waals surface area contributed by atoms with E-state index in [0.717, 1.165) is 5.56 Å². The molecule has 2 rings (SSSR count). The molecule has 1 aliphatic rings. The number of aryl methyl sites for hydroxylation is 1. The van der Waals surface area contributed by atoms with Crippen molar-refractivity contribution in [1.82, 2.24) is 15.2 Å². The summed E-state index contributed by atoms with van der Waals surface area (Å²) in [5.41, 5.74) is 5.53. The van der Waals surface area contributed by atoms with Gasteiger partial charge in [-0.2, -0.15) is 4.31 Å².